The number of fused-ring (bicyclic) bond motifs is 1. The van der Waals surface area contributed by atoms with E-state index in [2.05, 4.69) is 30.6 Å². The van der Waals surface area contributed by atoms with Crippen LogP contribution in [0.25, 0.3) is 11.2 Å². The molecule has 4 N–H and O–H groups in total. The zero-order valence-electron chi connectivity index (χ0n) is 14.2. The number of carboxylic acid groups (broad SMARTS) is 1. The molecule has 0 spiro atoms. The Hall–Kier alpha value is -3.16. The van der Waals surface area contributed by atoms with Crippen LogP contribution in [0.5, 0.6) is 0 Å². The number of carboxylic acids is 1. The number of rotatable bonds is 5. The monoisotopic (exact) mass is 352 g/mol. The van der Waals surface area contributed by atoms with Gasteiger partial charge in [-0.2, -0.15) is 9.97 Å². The van der Waals surface area contributed by atoms with E-state index in [-0.39, 0.29) is 5.56 Å². The van der Waals surface area contributed by atoms with Gasteiger partial charge in [-0.15, -0.1) is 0 Å². The van der Waals surface area contributed by atoms with Crippen molar-refractivity contribution in [2.45, 2.75) is 38.1 Å². The van der Waals surface area contributed by atoms with Gasteiger partial charge in [-0.1, -0.05) is 19.3 Å². The Morgan fingerprint density at radius 2 is 1.88 bits per heavy atom. The van der Waals surface area contributed by atoms with Crippen LogP contribution in [0.15, 0.2) is 30.6 Å². The van der Waals surface area contributed by atoms with Gasteiger partial charge in [-0.05, 0) is 37.1 Å². The molecule has 0 atom stereocenters. The minimum absolute atomic E-state index is 0.240. The van der Waals surface area contributed by atoms with Crippen LogP contribution in [-0.4, -0.2) is 37.1 Å². The van der Waals surface area contributed by atoms with E-state index in [0.29, 0.717) is 29.0 Å². The molecule has 0 amide bonds. The first kappa shape index (κ1) is 16.3. The molecule has 1 saturated carbocycles. The van der Waals surface area contributed by atoms with E-state index in [9.17, 15) is 4.79 Å². The molecule has 0 bridgehead atoms. The second-order valence-electron chi connectivity index (χ2n) is 6.48. The minimum Gasteiger partial charge on any atom is -0.478 e. The molecule has 2 aromatic heterocycles. The highest BCUT2D eigenvalue weighted by atomic mass is 16.4. The molecule has 134 valence electrons. The molecule has 0 unspecified atom stereocenters. The van der Waals surface area contributed by atoms with E-state index >= 15 is 0 Å². The summed E-state index contributed by atoms with van der Waals surface area (Å²) in [6.07, 6.45) is 7.58. The summed E-state index contributed by atoms with van der Waals surface area (Å²) < 4.78 is 0. The van der Waals surface area contributed by atoms with E-state index in [1.807, 2.05) is 0 Å². The maximum Gasteiger partial charge on any atom is 0.335 e. The topological polar surface area (TPSA) is 116 Å². The van der Waals surface area contributed by atoms with Gasteiger partial charge < -0.3 is 20.7 Å². The van der Waals surface area contributed by atoms with Crippen molar-refractivity contribution in [3.05, 3.63) is 36.2 Å². The van der Waals surface area contributed by atoms with Crippen LogP contribution in [0.4, 0.5) is 17.5 Å². The van der Waals surface area contributed by atoms with Crippen molar-refractivity contribution in [2.24, 2.45) is 0 Å². The fraction of sp³-hybridized carbons (Fsp3) is 0.333. The number of anilines is 3. The summed E-state index contributed by atoms with van der Waals surface area (Å²) in [5.74, 6) is 0.212. The molecule has 1 aliphatic rings. The highest BCUT2D eigenvalue weighted by Gasteiger charge is 2.16. The van der Waals surface area contributed by atoms with Crippen LogP contribution >= 0.6 is 0 Å². The molecular weight excluding hydrogens is 332 g/mol. The normalized spacial score (nSPS) is 15.1. The van der Waals surface area contributed by atoms with Gasteiger partial charge in [-0.3, -0.25) is 0 Å². The zero-order valence-corrected chi connectivity index (χ0v) is 14.2. The number of hydrogen-bond acceptors (Lipinski definition) is 6. The lowest BCUT2D eigenvalue weighted by Crippen LogP contribution is -2.23. The summed E-state index contributed by atoms with van der Waals surface area (Å²) in [4.78, 5) is 27.4. The first-order valence-electron chi connectivity index (χ1n) is 8.77. The largest absolute Gasteiger partial charge is 0.478 e. The van der Waals surface area contributed by atoms with Crippen molar-refractivity contribution in [3.8, 4) is 0 Å². The van der Waals surface area contributed by atoms with Crippen molar-refractivity contribution in [1.82, 2.24) is 19.9 Å². The first-order chi connectivity index (χ1) is 12.7. The summed E-state index contributed by atoms with van der Waals surface area (Å²) in [7, 11) is 0. The fourth-order valence-electron chi connectivity index (χ4n) is 3.25. The number of H-pyrrole nitrogens is 1. The Bertz CT molecular complexity index is 915. The maximum absolute atomic E-state index is 11.0. The molecule has 8 heteroatoms. The Labute approximate surface area is 150 Å². The second-order valence-corrected chi connectivity index (χ2v) is 6.48. The third-order valence-corrected chi connectivity index (χ3v) is 4.62. The first-order valence-corrected chi connectivity index (χ1v) is 8.77. The van der Waals surface area contributed by atoms with E-state index in [1.165, 1.54) is 19.3 Å². The summed E-state index contributed by atoms with van der Waals surface area (Å²) in [6, 6.07) is 6.92. The number of nitrogens with zero attached hydrogens (tertiary/aromatic N) is 3. The number of aromatic nitrogens is 4. The van der Waals surface area contributed by atoms with E-state index < -0.39 is 5.97 Å². The fourth-order valence-corrected chi connectivity index (χ4v) is 3.25. The summed E-state index contributed by atoms with van der Waals surface area (Å²) in [6.45, 7) is 0. The highest BCUT2D eigenvalue weighted by Crippen LogP contribution is 2.25. The number of aromatic amines is 1. The van der Waals surface area contributed by atoms with Gasteiger partial charge in [-0.25, -0.2) is 9.78 Å². The molecule has 0 aliphatic heterocycles. The lowest BCUT2D eigenvalue weighted by molar-refractivity contribution is 0.0697. The van der Waals surface area contributed by atoms with E-state index in [1.54, 1.807) is 30.6 Å². The van der Waals surface area contributed by atoms with Gasteiger partial charge in [0.25, 0.3) is 0 Å². The molecule has 4 rings (SSSR count). The second kappa shape index (κ2) is 6.99. The highest BCUT2D eigenvalue weighted by molar-refractivity contribution is 5.89. The van der Waals surface area contributed by atoms with Crippen LogP contribution in [0.1, 0.15) is 42.5 Å². The Balaban J connectivity index is 1.60. The van der Waals surface area contributed by atoms with Crippen molar-refractivity contribution in [2.75, 3.05) is 10.6 Å². The smallest absolute Gasteiger partial charge is 0.335 e. The number of hydrogen-bond donors (Lipinski definition) is 4. The number of benzene rings is 1. The van der Waals surface area contributed by atoms with Crippen LogP contribution in [0.3, 0.4) is 0 Å². The molecule has 0 radical (unpaired) electrons. The van der Waals surface area contributed by atoms with Gasteiger partial charge in [0.1, 0.15) is 5.52 Å². The average molecular weight is 352 g/mol. The molecule has 1 aromatic carbocycles. The van der Waals surface area contributed by atoms with E-state index in [0.717, 1.165) is 18.5 Å². The minimum atomic E-state index is -0.950. The van der Waals surface area contributed by atoms with Crippen LogP contribution in [-0.2, 0) is 0 Å². The van der Waals surface area contributed by atoms with Crippen LogP contribution < -0.4 is 10.6 Å². The van der Waals surface area contributed by atoms with Gasteiger partial charge in [0.2, 0.25) is 5.95 Å². The summed E-state index contributed by atoms with van der Waals surface area (Å²) in [5, 5.41) is 15.6. The number of aromatic carboxylic acids is 1. The van der Waals surface area contributed by atoms with Crippen molar-refractivity contribution in [1.29, 1.82) is 0 Å². The molecular formula is C18H20N6O2. The average Bonchev–Trinajstić information content (AvgIpc) is 3.12. The van der Waals surface area contributed by atoms with Crippen molar-refractivity contribution >= 4 is 34.6 Å². The van der Waals surface area contributed by atoms with Gasteiger partial charge in [0, 0.05) is 11.7 Å². The zero-order chi connectivity index (χ0) is 17.9. The number of imidazole rings is 1. The summed E-state index contributed by atoms with van der Waals surface area (Å²) in [5.41, 5.74) is 2.28. The lowest BCUT2D eigenvalue weighted by Gasteiger charge is -2.22. The molecule has 3 aromatic rings. The Kier molecular flexibility index (Phi) is 4.39. The van der Waals surface area contributed by atoms with Crippen molar-refractivity contribution in [3.63, 3.8) is 0 Å². The predicted octanol–water partition coefficient (Wildman–Crippen LogP) is 3.54. The quantitative estimate of drug-likeness (QED) is 0.555. The van der Waals surface area contributed by atoms with Crippen molar-refractivity contribution < 1.29 is 9.90 Å². The standard InChI is InChI=1S/C18H20N6O2/c25-17(26)11-6-8-13(9-7-11)21-16-14-15(20-10-19-14)23-18(24-16)22-12-4-2-1-3-5-12/h6-10,12H,1-5H2,(H,25,26)(H3,19,20,21,22,23,24). The molecule has 1 fully saturated rings. The third kappa shape index (κ3) is 3.44. The van der Waals surface area contributed by atoms with Gasteiger partial charge >= 0.3 is 5.97 Å². The third-order valence-electron chi connectivity index (χ3n) is 4.62. The van der Waals surface area contributed by atoms with Gasteiger partial charge in [0.05, 0.1) is 11.9 Å². The maximum atomic E-state index is 11.0. The van der Waals surface area contributed by atoms with E-state index in [4.69, 9.17) is 5.11 Å². The summed E-state index contributed by atoms with van der Waals surface area (Å²) >= 11 is 0. The number of nitrogens with one attached hydrogen (secondary N) is 3. The Morgan fingerprint density at radius 3 is 2.62 bits per heavy atom. The van der Waals surface area contributed by atoms with Gasteiger partial charge in [0.15, 0.2) is 11.5 Å². The molecule has 0 saturated heterocycles. The lowest BCUT2D eigenvalue weighted by atomic mass is 9.96. The van der Waals surface area contributed by atoms with Crippen LogP contribution in [0.2, 0.25) is 0 Å². The molecule has 2 heterocycles. The number of carbonyl (C=O) groups is 1. The predicted molar refractivity (Wildman–Crippen MR) is 98.9 cm³/mol. The Morgan fingerprint density at radius 1 is 1.12 bits per heavy atom. The molecule has 8 nitrogen and oxygen atoms in total. The SMILES string of the molecule is O=C(O)c1ccc(Nc2nc(NC3CCCCC3)nc3nc[nH]c23)cc1. The molecule has 26 heavy (non-hydrogen) atoms. The molecule has 1 aliphatic carbocycles. The van der Waals surface area contributed by atoms with Crippen LogP contribution in [0, 0.1) is 0 Å².